The molecule has 18 heavy (non-hydrogen) atoms. The van der Waals surface area contributed by atoms with Crippen molar-refractivity contribution in [2.75, 3.05) is 0 Å². The molecule has 0 N–H and O–H groups in total. The third-order valence-corrected chi connectivity index (χ3v) is 5.16. The van der Waals surface area contributed by atoms with Gasteiger partial charge in [-0.1, -0.05) is 17.7 Å². The predicted octanol–water partition coefficient (Wildman–Crippen LogP) is 4.63. The van der Waals surface area contributed by atoms with Crippen molar-refractivity contribution in [3.8, 4) is 0 Å². The Labute approximate surface area is 114 Å². The van der Waals surface area contributed by atoms with Crippen LogP contribution >= 0.6 is 11.8 Å². The van der Waals surface area contributed by atoms with Crippen molar-refractivity contribution in [3.63, 3.8) is 0 Å². The molecule has 1 saturated carbocycles. The third-order valence-electron chi connectivity index (χ3n) is 3.81. The van der Waals surface area contributed by atoms with Crippen molar-refractivity contribution in [2.45, 2.75) is 55.6 Å². The van der Waals surface area contributed by atoms with Crippen LogP contribution in [0.5, 0.6) is 0 Å². The Kier molecular flexibility index (Phi) is 5.30. The Morgan fingerprint density at radius 3 is 2.44 bits per heavy atom. The molecule has 0 heterocycles. The van der Waals surface area contributed by atoms with E-state index < -0.39 is 0 Å². The lowest BCUT2D eigenvalue weighted by molar-refractivity contribution is -0.108. The van der Waals surface area contributed by atoms with Crippen LogP contribution in [-0.4, -0.2) is 11.5 Å². The SMILES string of the molecule is Cc1ccc(SC2CCC(CCC=O)CC2)cc1. The van der Waals surface area contributed by atoms with Gasteiger partial charge in [0.25, 0.3) is 0 Å². The van der Waals surface area contributed by atoms with Gasteiger partial charge in [-0.05, 0) is 57.1 Å². The van der Waals surface area contributed by atoms with Crippen molar-refractivity contribution in [1.29, 1.82) is 0 Å². The number of hydrogen-bond donors (Lipinski definition) is 0. The van der Waals surface area contributed by atoms with Gasteiger partial charge in [0.05, 0.1) is 0 Å². The Morgan fingerprint density at radius 2 is 1.83 bits per heavy atom. The number of aryl methyl sites for hydroxylation is 1. The first kappa shape index (κ1) is 13.7. The zero-order valence-corrected chi connectivity index (χ0v) is 11.9. The molecule has 0 aromatic heterocycles. The monoisotopic (exact) mass is 262 g/mol. The van der Waals surface area contributed by atoms with Gasteiger partial charge in [-0.25, -0.2) is 0 Å². The van der Waals surface area contributed by atoms with Crippen LogP contribution in [-0.2, 0) is 4.79 Å². The van der Waals surface area contributed by atoms with Crippen molar-refractivity contribution in [2.24, 2.45) is 5.92 Å². The highest BCUT2D eigenvalue weighted by molar-refractivity contribution is 8.00. The molecular formula is C16H22OS. The molecule has 0 saturated heterocycles. The van der Waals surface area contributed by atoms with Crippen LogP contribution in [0.25, 0.3) is 0 Å². The molecule has 1 aliphatic carbocycles. The molecule has 0 amide bonds. The molecule has 2 heteroatoms. The molecule has 2 rings (SSSR count). The molecule has 1 aliphatic rings. The maximum atomic E-state index is 10.4. The molecular weight excluding hydrogens is 240 g/mol. The van der Waals surface area contributed by atoms with Gasteiger partial charge >= 0.3 is 0 Å². The summed E-state index contributed by atoms with van der Waals surface area (Å²) in [7, 11) is 0. The zero-order valence-electron chi connectivity index (χ0n) is 11.1. The van der Waals surface area contributed by atoms with Gasteiger partial charge in [0.1, 0.15) is 6.29 Å². The molecule has 0 unspecified atom stereocenters. The van der Waals surface area contributed by atoms with Crippen LogP contribution in [0.3, 0.4) is 0 Å². The van der Waals surface area contributed by atoms with E-state index in [1.54, 1.807) is 0 Å². The van der Waals surface area contributed by atoms with Crippen LogP contribution in [0.2, 0.25) is 0 Å². The Hall–Kier alpha value is -0.760. The molecule has 1 aromatic rings. The fraction of sp³-hybridized carbons (Fsp3) is 0.562. The summed E-state index contributed by atoms with van der Waals surface area (Å²) in [5, 5.41) is 0.778. The number of benzene rings is 1. The Bertz CT molecular complexity index is 363. The third kappa shape index (κ3) is 4.16. The van der Waals surface area contributed by atoms with Crippen LogP contribution < -0.4 is 0 Å². The van der Waals surface area contributed by atoms with Crippen molar-refractivity contribution < 1.29 is 4.79 Å². The lowest BCUT2D eigenvalue weighted by Crippen LogP contribution is -2.16. The van der Waals surface area contributed by atoms with Crippen LogP contribution in [0.15, 0.2) is 29.2 Å². The predicted molar refractivity (Wildman–Crippen MR) is 78.1 cm³/mol. The van der Waals surface area contributed by atoms with Gasteiger partial charge < -0.3 is 4.79 Å². The van der Waals surface area contributed by atoms with Crippen molar-refractivity contribution >= 4 is 18.0 Å². The maximum absolute atomic E-state index is 10.4. The van der Waals surface area contributed by atoms with Crippen LogP contribution in [0.1, 0.15) is 44.1 Å². The maximum Gasteiger partial charge on any atom is 0.120 e. The van der Waals surface area contributed by atoms with E-state index in [4.69, 9.17) is 0 Å². The molecule has 98 valence electrons. The quantitative estimate of drug-likeness (QED) is 0.720. The summed E-state index contributed by atoms with van der Waals surface area (Å²) in [6.45, 7) is 2.13. The number of hydrogen-bond acceptors (Lipinski definition) is 2. The van der Waals surface area contributed by atoms with Crippen molar-refractivity contribution in [1.82, 2.24) is 0 Å². The number of carbonyl (C=O) groups is 1. The van der Waals surface area contributed by atoms with Crippen LogP contribution in [0, 0.1) is 12.8 Å². The first-order valence-corrected chi connectivity index (χ1v) is 7.83. The lowest BCUT2D eigenvalue weighted by atomic mass is 9.86. The summed E-state index contributed by atoms with van der Waals surface area (Å²) in [6, 6.07) is 8.85. The number of carbonyl (C=O) groups excluding carboxylic acids is 1. The molecule has 0 atom stereocenters. The van der Waals surface area contributed by atoms with E-state index in [1.807, 2.05) is 11.8 Å². The second kappa shape index (κ2) is 6.98. The fourth-order valence-corrected chi connectivity index (χ4v) is 3.84. The van der Waals surface area contributed by atoms with E-state index in [0.29, 0.717) is 0 Å². The Morgan fingerprint density at radius 1 is 1.17 bits per heavy atom. The zero-order chi connectivity index (χ0) is 12.8. The number of rotatable bonds is 5. The molecule has 0 spiro atoms. The highest BCUT2D eigenvalue weighted by Crippen LogP contribution is 2.37. The minimum atomic E-state index is 0.750. The van der Waals surface area contributed by atoms with Gasteiger partial charge in [0.2, 0.25) is 0 Å². The summed E-state index contributed by atoms with van der Waals surface area (Å²) >= 11 is 2.03. The van der Waals surface area contributed by atoms with Gasteiger partial charge in [-0.15, -0.1) is 11.8 Å². The summed E-state index contributed by atoms with van der Waals surface area (Å²) in [5.74, 6) is 0.796. The second-order valence-corrected chi connectivity index (χ2v) is 6.69. The standard InChI is InChI=1S/C16H22OS/c1-13-4-8-15(9-5-13)18-16-10-6-14(7-11-16)3-2-12-17/h4-5,8-9,12,14,16H,2-3,6-7,10-11H2,1H3. The second-order valence-electron chi connectivity index (χ2n) is 5.32. The molecule has 1 aromatic carbocycles. The van der Waals surface area contributed by atoms with Gasteiger partial charge in [0, 0.05) is 16.6 Å². The minimum Gasteiger partial charge on any atom is -0.303 e. The summed E-state index contributed by atoms with van der Waals surface area (Å²) < 4.78 is 0. The highest BCUT2D eigenvalue weighted by Gasteiger charge is 2.21. The molecule has 0 bridgehead atoms. The first-order valence-electron chi connectivity index (χ1n) is 6.95. The van der Waals surface area contributed by atoms with E-state index in [-0.39, 0.29) is 0 Å². The van der Waals surface area contributed by atoms with E-state index >= 15 is 0 Å². The van der Waals surface area contributed by atoms with Gasteiger partial charge in [-0.3, -0.25) is 0 Å². The normalized spacial score (nSPS) is 23.8. The number of aldehydes is 1. The number of thioether (sulfide) groups is 1. The first-order chi connectivity index (χ1) is 8.78. The summed E-state index contributed by atoms with van der Waals surface area (Å²) in [4.78, 5) is 11.8. The highest BCUT2D eigenvalue weighted by atomic mass is 32.2. The van der Waals surface area contributed by atoms with E-state index in [0.717, 1.165) is 30.3 Å². The van der Waals surface area contributed by atoms with E-state index in [2.05, 4.69) is 31.2 Å². The largest absolute Gasteiger partial charge is 0.303 e. The Balaban J connectivity index is 1.76. The van der Waals surface area contributed by atoms with E-state index in [9.17, 15) is 4.79 Å². The molecule has 0 radical (unpaired) electrons. The topological polar surface area (TPSA) is 17.1 Å². The lowest BCUT2D eigenvalue weighted by Gasteiger charge is -2.27. The molecule has 1 fully saturated rings. The smallest absolute Gasteiger partial charge is 0.120 e. The van der Waals surface area contributed by atoms with E-state index in [1.165, 1.54) is 36.1 Å². The van der Waals surface area contributed by atoms with Gasteiger partial charge in [-0.2, -0.15) is 0 Å². The molecule has 1 nitrogen and oxygen atoms in total. The summed E-state index contributed by atoms with van der Waals surface area (Å²) in [5.41, 5.74) is 1.33. The van der Waals surface area contributed by atoms with Gasteiger partial charge in [0.15, 0.2) is 0 Å². The summed E-state index contributed by atoms with van der Waals surface area (Å²) in [6.07, 6.45) is 8.14. The average Bonchev–Trinajstić information content (AvgIpc) is 2.41. The van der Waals surface area contributed by atoms with Crippen molar-refractivity contribution in [3.05, 3.63) is 29.8 Å². The average molecular weight is 262 g/mol. The molecule has 0 aliphatic heterocycles. The minimum absolute atomic E-state index is 0.750. The fourth-order valence-electron chi connectivity index (χ4n) is 2.65. The van der Waals surface area contributed by atoms with Crippen LogP contribution in [0.4, 0.5) is 0 Å².